The van der Waals surface area contributed by atoms with E-state index in [-0.39, 0.29) is 24.3 Å². The van der Waals surface area contributed by atoms with Gasteiger partial charge in [-0.1, -0.05) is 50.9 Å². The van der Waals surface area contributed by atoms with Gasteiger partial charge in [0.2, 0.25) is 0 Å². The average molecular weight is 555 g/mol. The third-order valence-electron chi connectivity index (χ3n) is 5.79. The molecule has 3 aromatic rings. The predicted octanol–water partition coefficient (Wildman–Crippen LogP) is 6.12. The van der Waals surface area contributed by atoms with Crippen LogP contribution in [0, 0.1) is 0 Å². The molecule has 0 aliphatic rings. The first-order valence-electron chi connectivity index (χ1n) is 12.8. The summed E-state index contributed by atoms with van der Waals surface area (Å²) in [5.41, 5.74) is 3.65. The summed E-state index contributed by atoms with van der Waals surface area (Å²) in [6.07, 6.45) is 2.94. The molecule has 0 aromatic heterocycles. The van der Waals surface area contributed by atoms with Crippen LogP contribution in [0.15, 0.2) is 98.1 Å². The molecule has 0 fully saturated rings. The largest absolute Gasteiger partial charge is 0.426 e. The van der Waals surface area contributed by atoms with Gasteiger partial charge < -0.3 is 18.9 Å². The summed E-state index contributed by atoms with van der Waals surface area (Å²) in [5.74, 6) is -1.44. The molecule has 0 aliphatic heterocycles. The Morgan fingerprint density at radius 3 is 1.95 bits per heavy atom. The number of benzene rings is 3. The molecule has 3 aromatic carbocycles. The number of hydrogen-bond donors (Lipinski definition) is 0. The van der Waals surface area contributed by atoms with Gasteiger partial charge in [-0.05, 0) is 78.4 Å². The molecule has 3 rings (SSSR count). The Kier molecular flexibility index (Phi) is 10.5. The van der Waals surface area contributed by atoms with Gasteiger partial charge in [0.05, 0.1) is 0 Å². The van der Waals surface area contributed by atoms with Crippen LogP contribution in [0.25, 0.3) is 11.1 Å². The van der Waals surface area contributed by atoms with Gasteiger partial charge in [0.15, 0.2) is 11.5 Å². The van der Waals surface area contributed by atoms with Crippen LogP contribution in [-0.4, -0.2) is 23.9 Å². The second-order valence-corrected chi connectivity index (χ2v) is 8.88. The van der Waals surface area contributed by atoms with Gasteiger partial charge in [-0.2, -0.15) is 0 Å². The van der Waals surface area contributed by atoms with Crippen LogP contribution in [0.5, 0.6) is 23.0 Å². The number of esters is 4. The molecule has 8 nitrogen and oxygen atoms in total. The Labute approximate surface area is 238 Å². The van der Waals surface area contributed by atoms with Gasteiger partial charge in [-0.15, -0.1) is 0 Å². The Balaban J connectivity index is 1.68. The van der Waals surface area contributed by atoms with Crippen LogP contribution >= 0.6 is 0 Å². The third-order valence-corrected chi connectivity index (χ3v) is 5.79. The summed E-state index contributed by atoms with van der Waals surface area (Å²) in [6, 6.07) is 17.3. The molecule has 0 radical (unpaired) electrons. The first kappa shape index (κ1) is 30.3. The molecule has 210 valence electrons. The molecular formula is C33H30O8. The van der Waals surface area contributed by atoms with Crippen molar-refractivity contribution in [1.82, 2.24) is 0 Å². The molecule has 0 atom stereocenters. The standard InChI is InChI=1S/C33H30O8/c1-6-23-20-25(24-11-14-26(15-12-24)38-33(37)21(4)5)13-17-27(23)39-32(36)18-10-22-9-16-28(40-30(34)7-2)29(19-22)41-31(35)8-3/h7-9,11-17,19-20H,2-4,6,10,18H2,1,5H3. The first-order valence-corrected chi connectivity index (χ1v) is 12.8. The second-order valence-electron chi connectivity index (χ2n) is 8.88. The highest BCUT2D eigenvalue weighted by Crippen LogP contribution is 2.31. The first-order chi connectivity index (χ1) is 19.6. The van der Waals surface area contributed by atoms with Crippen LogP contribution in [-0.2, 0) is 32.0 Å². The normalized spacial score (nSPS) is 10.2. The SMILES string of the molecule is C=CC(=O)Oc1ccc(CCC(=O)Oc2ccc(-c3ccc(OC(=O)C(=C)C)cc3)cc2CC)cc1OC(=O)C=C. The maximum atomic E-state index is 12.7. The van der Waals surface area contributed by atoms with Crippen LogP contribution in [0.3, 0.4) is 0 Å². The molecule has 0 saturated carbocycles. The molecule has 0 aliphatic carbocycles. The highest BCUT2D eigenvalue weighted by molar-refractivity contribution is 5.89. The molecule has 8 heteroatoms. The molecular weight excluding hydrogens is 524 g/mol. The van der Waals surface area contributed by atoms with Crippen molar-refractivity contribution >= 4 is 23.9 Å². The summed E-state index contributed by atoms with van der Waals surface area (Å²) in [5, 5.41) is 0. The number of rotatable bonds is 12. The molecule has 0 amide bonds. The van der Waals surface area contributed by atoms with Crippen molar-refractivity contribution in [1.29, 1.82) is 0 Å². The van der Waals surface area contributed by atoms with Crippen molar-refractivity contribution in [3.05, 3.63) is 109 Å². The van der Waals surface area contributed by atoms with E-state index in [9.17, 15) is 19.2 Å². The van der Waals surface area contributed by atoms with E-state index in [1.165, 1.54) is 12.1 Å². The Morgan fingerprint density at radius 2 is 1.34 bits per heavy atom. The van der Waals surface area contributed by atoms with E-state index in [1.807, 2.05) is 31.2 Å². The van der Waals surface area contributed by atoms with E-state index in [4.69, 9.17) is 18.9 Å². The van der Waals surface area contributed by atoms with E-state index in [0.29, 0.717) is 29.1 Å². The van der Waals surface area contributed by atoms with Crippen molar-refractivity contribution in [3.8, 4) is 34.1 Å². The van der Waals surface area contributed by atoms with Crippen molar-refractivity contribution in [3.63, 3.8) is 0 Å². The lowest BCUT2D eigenvalue weighted by atomic mass is 10.0. The van der Waals surface area contributed by atoms with Gasteiger partial charge in [0.25, 0.3) is 0 Å². The van der Waals surface area contributed by atoms with E-state index in [1.54, 1.807) is 31.2 Å². The van der Waals surface area contributed by atoms with Gasteiger partial charge in [0, 0.05) is 24.1 Å². The molecule has 0 spiro atoms. The minimum atomic E-state index is -0.727. The summed E-state index contributed by atoms with van der Waals surface area (Å²) in [7, 11) is 0. The fraction of sp³-hybridized carbons (Fsp3) is 0.152. The lowest BCUT2D eigenvalue weighted by Crippen LogP contribution is -2.11. The fourth-order valence-corrected chi connectivity index (χ4v) is 3.64. The van der Waals surface area contributed by atoms with Crippen LogP contribution < -0.4 is 18.9 Å². The van der Waals surface area contributed by atoms with Gasteiger partial charge in [-0.25, -0.2) is 14.4 Å². The lowest BCUT2D eigenvalue weighted by molar-refractivity contribution is -0.134. The van der Waals surface area contributed by atoms with E-state index in [2.05, 4.69) is 19.7 Å². The smallest absolute Gasteiger partial charge is 0.338 e. The van der Waals surface area contributed by atoms with Crippen molar-refractivity contribution < 1.29 is 38.1 Å². The maximum Gasteiger partial charge on any atom is 0.338 e. The van der Waals surface area contributed by atoms with Gasteiger partial charge in [0.1, 0.15) is 11.5 Å². The lowest BCUT2D eigenvalue weighted by Gasteiger charge is -2.13. The summed E-state index contributed by atoms with van der Waals surface area (Å²) < 4.78 is 21.2. The summed E-state index contributed by atoms with van der Waals surface area (Å²) in [6.45, 7) is 13.8. The molecule has 0 saturated heterocycles. The molecule has 0 bridgehead atoms. The van der Waals surface area contributed by atoms with E-state index >= 15 is 0 Å². The Hall–Kier alpha value is -5.24. The predicted molar refractivity (Wildman–Crippen MR) is 154 cm³/mol. The van der Waals surface area contributed by atoms with Crippen LogP contribution in [0.4, 0.5) is 0 Å². The summed E-state index contributed by atoms with van der Waals surface area (Å²) >= 11 is 0. The number of ether oxygens (including phenoxy) is 4. The maximum absolute atomic E-state index is 12.7. The Bertz CT molecular complexity index is 1500. The third kappa shape index (κ3) is 8.63. The monoisotopic (exact) mass is 554 g/mol. The van der Waals surface area contributed by atoms with E-state index < -0.39 is 23.9 Å². The van der Waals surface area contributed by atoms with Gasteiger partial charge in [-0.3, -0.25) is 4.79 Å². The molecule has 0 heterocycles. The highest BCUT2D eigenvalue weighted by Gasteiger charge is 2.15. The highest BCUT2D eigenvalue weighted by atomic mass is 16.6. The minimum absolute atomic E-state index is 0.0156. The number of hydrogen-bond acceptors (Lipinski definition) is 8. The number of carbonyl (C=O) groups excluding carboxylic acids is 4. The molecule has 0 unspecified atom stereocenters. The zero-order valence-corrected chi connectivity index (χ0v) is 22.9. The summed E-state index contributed by atoms with van der Waals surface area (Å²) in [4.78, 5) is 47.7. The number of aryl methyl sites for hydroxylation is 2. The minimum Gasteiger partial charge on any atom is -0.426 e. The molecule has 41 heavy (non-hydrogen) atoms. The Morgan fingerprint density at radius 1 is 0.732 bits per heavy atom. The number of carbonyl (C=O) groups is 4. The van der Waals surface area contributed by atoms with Crippen molar-refractivity contribution in [2.24, 2.45) is 0 Å². The quantitative estimate of drug-likeness (QED) is 0.150. The van der Waals surface area contributed by atoms with Crippen molar-refractivity contribution in [2.75, 3.05) is 0 Å². The second kappa shape index (κ2) is 14.2. The van der Waals surface area contributed by atoms with Crippen LogP contribution in [0.2, 0.25) is 0 Å². The van der Waals surface area contributed by atoms with Gasteiger partial charge >= 0.3 is 23.9 Å². The average Bonchev–Trinajstić information content (AvgIpc) is 2.97. The fourth-order valence-electron chi connectivity index (χ4n) is 3.64. The van der Waals surface area contributed by atoms with Crippen molar-refractivity contribution in [2.45, 2.75) is 33.1 Å². The topological polar surface area (TPSA) is 105 Å². The van der Waals surface area contributed by atoms with Crippen LogP contribution in [0.1, 0.15) is 31.4 Å². The zero-order chi connectivity index (χ0) is 29.9. The van der Waals surface area contributed by atoms with E-state index in [0.717, 1.165) is 28.8 Å². The zero-order valence-electron chi connectivity index (χ0n) is 22.9. The molecule has 0 N–H and O–H groups in total.